The van der Waals surface area contributed by atoms with Crippen molar-refractivity contribution in [1.29, 1.82) is 0 Å². The van der Waals surface area contributed by atoms with Crippen LogP contribution < -0.4 is 11.1 Å². The number of benzene rings is 2. The third kappa shape index (κ3) is 6.32. The van der Waals surface area contributed by atoms with Crippen LogP contribution in [-0.4, -0.2) is 46.6 Å². The fourth-order valence-electron chi connectivity index (χ4n) is 3.93. The number of nitrogens with one attached hydrogen (secondary N) is 1. The van der Waals surface area contributed by atoms with E-state index in [0.717, 1.165) is 54.5 Å². The molecule has 0 bridgehead atoms. The number of rotatable bonds is 8. The molecular formula is C24H24F4N6O3S. The Morgan fingerprint density at radius 1 is 1.16 bits per heavy atom. The molecule has 14 heteroatoms. The minimum absolute atomic E-state index is 0.0603. The Kier molecular flexibility index (Phi) is 8.66. The van der Waals surface area contributed by atoms with Crippen LogP contribution in [0.15, 0.2) is 52.9 Å². The maximum atomic E-state index is 13.9. The average molecular weight is 553 g/mol. The zero-order valence-corrected chi connectivity index (χ0v) is 21.0. The minimum atomic E-state index is -4.80. The summed E-state index contributed by atoms with van der Waals surface area (Å²) in [6.45, 7) is 1.47. The topological polar surface area (TPSA) is 107 Å². The summed E-state index contributed by atoms with van der Waals surface area (Å²) in [5.41, 5.74) is 5.09. The Morgan fingerprint density at radius 3 is 2.50 bits per heavy atom. The summed E-state index contributed by atoms with van der Waals surface area (Å²) in [5.74, 6) is -0.784. The van der Waals surface area contributed by atoms with Crippen molar-refractivity contribution in [2.24, 2.45) is 10.1 Å². The van der Waals surface area contributed by atoms with Gasteiger partial charge in [-0.25, -0.2) is 14.0 Å². The molecule has 0 radical (unpaired) electrons. The Bertz CT molecular complexity index is 1310. The highest BCUT2D eigenvalue weighted by Crippen LogP contribution is 2.30. The molecule has 0 aliphatic carbocycles. The summed E-state index contributed by atoms with van der Waals surface area (Å²) in [4.78, 5) is 19.7. The maximum absolute atomic E-state index is 13.9. The van der Waals surface area contributed by atoms with Gasteiger partial charge in [-0.2, -0.15) is 22.7 Å². The fourth-order valence-corrected chi connectivity index (χ4v) is 4.31. The van der Waals surface area contributed by atoms with E-state index in [4.69, 9.17) is 10.1 Å². The van der Waals surface area contributed by atoms with Crippen molar-refractivity contribution >= 4 is 29.7 Å². The van der Waals surface area contributed by atoms with Crippen molar-refractivity contribution in [3.05, 3.63) is 76.9 Å². The molecule has 38 heavy (non-hydrogen) atoms. The monoisotopic (exact) mass is 552 g/mol. The summed E-state index contributed by atoms with van der Waals surface area (Å²) in [7, 11) is 1.37. The highest BCUT2D eigenvalue weighted by Gasteiger charge is 2.36. The number of carbonyl (C=O) groups excluding carboxylic acids is 1. The first kappa shape index (κ1) is 27.6. The lowest BCUT2D eigenvalue weighted by Gasteiger charge is -2.20. The molecule has 1 amide bonds. The van der Waals surface area contributed by atoms with E-state index in [0.29, 0.717) is 17.6 Å². The molecule has 1 aromatic heterocycles. The molecule has 1 saturated heterocycles. The van der Waals surface area contributed by atoms with Gasteiger partial charge in [0.1, 0.15) is 17.3 Å². The standard InChI is InChI=1S/C24H24F4N6O3S/c1-36-37-38-32-22(33-10-2-3-11-33)15-4-6-17(7-5-15)30-23(35)20-13-21(24(26,27)28)31-34(20)18-8-9-19(25)16(12-18)14-29/h4-9,12-13H,2-3,10-11,14,29H2,1H3,(H,30,35). The van der Waals surface area contributed by atoms with Crippen LogP contribution in [0.1, 0.15) is 40.2 Å². The van der Waals surface area contributed by atoms with Crippen LogP contribution in [0.5, 0.6) is 0 Å². The highest BCUT2D eigenvalue weighted by atomic mass is 32.2. The molecule has 2 heterocycles. The molecule has 9 nitrogen and oxygen atoms in total. The smallest absolute Gasteiger partial charge is 0.356 e. The molecule has 3 aromatic rings. The molecule has 0 unspecified atom stereocenters. The lowest BCUT2D eigenvalue weighted by atomic mass is 10.1. The summed E-state index contributed by atoms with van der Waals surface area (Å²) >= 11 is 0.784. The van der Waals surface area contributed by atoms with Crippen LogP contribution in [0.4, 0.5) is 23.2 Å². The zero-order valence-electron chi connectivity index (χ0n) is 20.2. The molecule has 202 valence electrons. The van der Waals surface area contributed by atoms with Crippen molar-refractivity contribution in [3.8, 4) is 5.69 Å². The van der Waals surface area contributed by atoms with Crippen LogP contribution in [0, 0.1) is 5.82 Å². The van der Waals surface area contributed by atoms with Gasteiger partial charge in [-0.15, -0.1) is 4.33 Å². The predicted octanol–water partition coefficient (Wildman–Crippen LogP) is 4.72. The van der Waals surface area contributed by atoms with Crippen molar-refractivity contribution in [2.45, 2.75) is 25.6 Å². The Labute approximate surface area is 219 Å². The normalized spacial score (nSPS) is 14.3. The van der Waals surface area contributed by atoms with Crippen molar-refractivity contribution in [2.75, 3.05) is 25.5 Å². The lowest BCUT2D eigenvalue weighted by molar-refractivity contribution is -0.160. The number of aromatic nitrogens is 2. The van der Waals surface area contributed by atoms with E-state index in [1.165, 1.54) is 19.2 Å². The fraction of sp³-hybridized carbons (Fsp3) is 0.292. The number of nitrogens with two attached hydrogens (primary N) is 1. The number of hydrogen-bond acceptors (Lipinski definition) is 7. The van der Waals surface area contributed by atoms with Gasteiger partial charge in [0.15, 0.2) is 17.9 Å². The van der Waals surface area contributed by atoms with Gasteiger partial charge >= 0.3 is 6.18 Å². The Morgan fingerprint density at radius 2 is 1.87 bits per heavy atom. The van der Waals surface area contributed by atoms with Gasteiger partial charge in [0, 0.05) is 42.5 Å². The molecule has 2 aromatic carbocycles. The van der Waals surface area contributed by atoms with Gasteiger partial charge in [0.25, 0.3) is 5.91 Å². The van der Waals surface area contributed by atoms with E-state index in [-0.39, 0.29) is 23.5 Å². The highest BCUT2D eigenvalue weighted by molar-refractivity contribution is 7.93. The number of nitrogens with zero attached hydrogens (tertiary/aromatic N) is 4. The maximum Gasteiger partial charge on any atom is 0.435 e. The Balaban J connectivity index is 1.60. The van der Waals surface area contributed by atoms with E-state index in [2.05, 4.69) is 24.6 Å². The van der Waals surface area contributed by atoms with E-state index in [9.17, 15) is 22.4 Å². The summed E-state index contributed by atoms with van der Waals surface area (Å²) in [5, 5.41) is 6.15. The largest absolute Gasteiger partial charge is 0.435 e. The van der Waals surface area contributed by atoms with Crippen molar-refractivity contribution in [3.63, 3.8) is 0 Å². The summed E-state index contributed by atoms with van der Waals surface area (Å²) < 4.78 is 64.2. The van der Waals surface area contributed by atoms with Crippen LogP contribution in [-0.2, 0) is 21.9 Å². The number of halogens is 4. The minimum Gasteiger partial charge on any atom is -0.356 e. The molecule has 1 aliphatic heterocycles. The zero-order chi connectivity index (χ0) is 27.3. The van der Waals surface area contributed by atoms with Crippen LogP contribution in [0.3, 0.4) is 0 Å². The number of amides is 1. The van der Waals surface area contributed by atoms with Gasteiger partial charge in [-0.3, -0.25) is 4.79 Å². The molecule has 4 rings (SSSR count). The van der Waals surface area contributed by atoms with E-state index < -0.39 is 23.6 Å². The number of alkyl halides is 3. The van der Waals surface area contributed by atoms with Gasteiger partial charge in [-0.05, 0) is 55.3 Å². The van der Waals surface area contributed by atoms with Crippen molar-refractivity contribution in [1.82, 2.24) is 14.7 Å². The molecular weight excluding hydrogens is 528 g/mol. The third-order valence-electron chi connectivity index (χ3n) is 5.75. The third-order valence-corrected chi connectivity index (χ3v) is 6.20. The van der Waals surface area contributed by atoms with Crippen LogP contribution in [0.2, 0.25) is 0 Å². The van der Waals surface area contributed by atoms with Crippen molar-refractivity contribution < 1.29 is 31.6 Å². The van der Waals surface area contributed by atoms with E-state index in [1.54, 1.807) is 24.3 Å². The number of likely N-dealkylation sites (tertiary alicyclic amines) is 1. The molecule has 3 N–H and O–H groups in total. The summed E-state index contributed by atoms with van der Waals surface area (Å²) in [6, 6.07) is 10.8. The molecule has 1 aliphatic rings. The van der Waals surface area contributed by atoms with E-state index >= 15 is 0 Å². The van der Waals surface area contributed by atoms with Gasteiger partial charge in [0.05, 0.1) is 12.8 Å². The first-order valence-corrected chi connectivity index (χ1v) is 12.2. The Hall–Kier alpha value is -3.46. The lowest BCUT2D eigenvalue weighted by Crippen LogP contribution is -2.28. The second-order valence-corrected chi connectivity index (χ2v) is 8.72. The number of anilines is 1. The van der Waals surface area contributed by atoms with Gasteiger partial charge in [0.2, 0.25) is 0 Å². The number of amidine groups is 1. The van der Waals surface area contributed by atoms with Gasteiger partial charge in [-0.1, -0.05) is 0 Å². The molecule has 1 fully saturated rings. The quantitative estimate of drug-likeness (QED) is 0.0609. The summed E-state index contributed by atoms with van der Waals surface area (Å²) in [6.07, 6.45) is -2.75. The first-order chi connectivity index (χ1) is 18.2. The first-order valence-electron chi connectivity index (χ1n) is 11.5. The number of hydrogen-bond donors (Lipinski definition) is 2. The predicted molar refractivity (Wildman–Crippen MR) is 134 cm³/mol. The van der Waals surface area contributed by atoms with Crippen LogP contribution >= 0.6 is 12.2 Å². The van der Waals surface area contributed by atoms with Gasteiger partial charge < -0.3 is 16.0 Å². The number of carbonyl (C=O) groups is 1. The second kappa shape index (κ2) is 11.9. The average Bonchev–Trinajstić information content (AvgIpc) is 3.58. The van der Waals surface area contributed by atoms with E-state index in [1.807, 2.05) is 0 Å². The molecule has 0 spiro atoms. The molecule has 0 atom stereocenters. The van der Waals surface area contributed by atoms with Crippen LogP contribution in [0.25, 0.3) is 5.69 Å². The SMILES string of the molecule is COOSN=C(c1ccc(NC(=O)c2cc(C(F)(F)F)nn2-c2ccc(F)c(CN)c2)cc1)N1CCCC1. The molecule has 0 saturated carbocycles. The second-order valence-electron chi connectivity index (χ2n) is 8.25.